The highest BCUT2D eigenvalue weighted by molar-refractivity contribution is 5.87. The van der Waals surface area contributed by atoms with E-state index in [1.807, 2.05) is 0 Å². The zero-order valence-electron chi connectivity index (χ0n) is 6.04. The lowest BCUT2D eigenvalue weighted by Gasteiger charge is -1.95. The van der Waals surface area contributed by atoms with Gasteiger partial charge in [-0.1, -0.05) is 0 Å². The van der Waals surface area contributed by atoms with Crippen molar-refractivity contribution in [3.8, 4) is 0 Å². The molecular weight excluding hydrogens is 181 g/mol. The lowest BCUT2D eigenvalue weighted by molar-refractivity contribution is 0.628. The summed E-state index contributed by atoms with van der Waals surface area (Å²) in [5.74, 6) is -0.475. The van der Waals surface area contributed by atoms with Crippen LogP contribution in [0.1, 0.15) is 0 Å². The van der Waals surface area contributed by atoms with Gasteiger partial charge in [0.05, 0.1) is 11.9 Å². The summed E-state index contributed by atoms with van der Waals surface area (Å²) in [6, 6.07) is 1.70. The molecule has 0 saturated carbocycles. The number of fused-ring (bicyclic) bond motifs is 1. The van der Waals surface area contributed by atoms with Crippen LogP contribution < -0.4 is 5.73 Å². The highest BCUT2D eigenvalue weighted by atomic mass is 35.5. The number of nitrogen functional groups attached to an aromatic ring is 1. The second-order valence-electron chi connectivity index (χ2n) is 2.26. The normalized spacial score (nSPS) is 9.75. The number of halogens is 2. The van der Waals surface area contributed by atoms with Crippen molar-refractivity contribution in [3.63, 3.8) is 0 Å². The summed E-state index contributed by atoms with van der Waals surface area (Å²) in [6.45, 7) is 0. The van der Waals surface area contributed by atoms with Crippen LogP contribution in [0.3, 0.4) is 0 Å². The first-order valence-electron chi connectivity index (χ1n) is 3.16. The van der Waals surface area contributed by atoms with Crippen LogP contribution in [0.25, 0.3) is 11.0 Å². The topological polar surface area (TPSA) is 54.7 Å². The Morgan fingerprint density at radius 3 is 3.00 bits per heavy atom. The zero-order chi connectivity index (χ0) is 7.84. The number of aromatic amines is 1. The average Bonchev–Trinajstić information content (AvgIpc) is 2.45. The molecule has 0 spiro atoms. The summed E-state index contributed by atoms with van der Waals surface area (Å²) in [4.78, 5) is 6.62. The van der Waals surface area contributed by atoms with Gasteiger partial charge in [0.25, 0.3) is 0 Å². The van der Waals surface area contributed by atoms with Crippen molar-refractivity contribution in [3.05, 3.63) is 24.3 Å². The molecule has 0 aliphatic rings. The Hall–Kier alpha value is -1.29. The van der Waals surface area contributed by atoms with Crippen LogP contribution in [0.15, 0.2) is 18.5 Å². The maximum atomic E-state index is 12.7. The van der Waals surface area contributed by atoms with Crippen molar-refractivity contribution in [1.82, 2.24) is 9.97 Å². The molecular formula is C7H7ClFN3. The largest absolute Gasteiger partial charge is 0.396 e. The van der Waals surface area contributed by atoms with Gasteiger partial charge in [-0.3, -0.25) is 0 Å². The van der Waals surface area contributed by atoms with Crippen LogP contribution in [0, 0.1) is 5.82 Å². The summed E-state index contributed by atoms with van der Waals surface area (Å²) in [5.41, 5.74) is 6.19. The molecule has 64 valence electrons. The van der Waals surface area contributed by atoms with Crippen LogP contribution in [0.5, 0.6) is 0 Å². The smallest absolute Gasteiger partial charge is 0.165 e. The lowest BCUT2D eigenvalue weighted by atomic mass is 10.3. The number of rotatable bonds is 0. The molecule has 3 nitrogen and oxygen atoms in total. The number of nitrogens with two attached hydrogens (primary N) is 1. The minimum atomic E-state index is -0.475. The van der Waals surface area contributed by atoms with Gasteiger partial charge in [0.15, 0.2) is 5.82 Å². The molecule has 2 aromatic rings. The van der Waals surface area contributed by atoms with Crippen molar-refractivity contribution >= 4 is 29.1 Å². The Morgan fingerprint density at radius 2 is 2.25 bits per heavy atom. The minimum Gasteiger partial charge on any atom is -0.396 e. The van der Waals surface area contributed by atoms with Gasteiger partial charge in [0, 0.05) is 11.6 Å². The summed E-state index contributed by atoms with van der Waals surface area (Å²) in [7, 11) is 0. The van der Waals surface area contributed by atoms with E-state index in [1.165, 1.54) is 0 Å². The predicted octanol–water partition coefficient (Wildman–Crippen LogP) is 1.71. The standard InChI is InChI=1S/C7H6FN3.ClH/c8-5-3-11-7-4(6(5)9)1-2-10-7;/h1-3H,(H3,9,10,11);1H. The SMILES string of the molecule is Cl.Nc1c(F)cnc2[nH]ccc12. The second kappa shape index (κ2) is 2.98. The van der Waals surface area contributed by atoms with Crippen molar-refractivity contribution in [2.45, 2.75) is 0 Å². The molecule has 0 unspecified atom stereocenters. The quantitative estimate of drug-likeness (QED) is 0.660. The van der Waals surface area contributed by atoms with E-state index < -0.39 is 5.82 Å². The summed E-state index contributed by atoms with van der Waals surface area (Å²) < 4.78 is 12.7. The van der Waals surface area contributed by atoms with Crippen LogP contribution >= 0.6 is 12.4 Å². The number of nitrogens with one attached hydrogen (secondary N) is 1. The van der Waals surface area contributed by atoms with E-state index in [-0.39, 0.29) is 18.1 Å². The molecule has 0 fully saturated rings. The van der Waals surface area contributed by atoms with Crippen LogP contribution in [-0.4, -0.2) is 9.97 Å². The monoisotopic (exact) mass is 187 g/mol. The first-order chi connectivity index (χ1) is 5.29. The van der Waals surface area contributed by atoms with Gasteiger partial charge in [-0.15, -0.1) is 12.4 Å². The van der Waals surface area contributed by atoms with Gasteiger partial charge < -0.3 is 10.7 Å². The highest BCUT2D eigenvalue weighted by Crippen LogP contribution is 2.19. The number of pyridine rings is 1. The van der Waals surface area contributed by atoms with E-state index in [1.54, 1.807) is 12.3 Å². The molecule has 0 aromatic carbocycles. The van der Waals surface area contributed by atoms with E-state index in [4.69, 9.17) is 5.73 Å². The number of anilines is 1. The van der Waals surface area contributed by atoms with Gasteiger partial charge in [-0.05, 0) is 6.07 Å². The summed E-state index contributed by atoms with van der Waals surface area (Å²) in [6.07, 6.45) is 2.78. The van der Waals surface area contributed by atoms with Gasteiger partial charge in [-0.2, -0.15) is 0 Å². The van der Waals surface area contributed by atoms with Crippen molar-refractivity contribution < 1.29 is 4.39 Å². The van der Waals surface area contributed by atoms with E-state index >= 15 is 0 Å². The first-order valence-corrected chi connectivity index (χ1v) is 3.16. The maximum absolute atomic E-state index is 12.7. The van der Waals surface area contributed by atoms with Gasteiger partial charge >= 0.3 is 0 Å². The number of hydrogen-bond acceptors (Lipinski definition) is 2. The molecule has 0 aliphatic heterocycles. The first kappa shape index (κ1) is 8.80. The molecule has 2 heterocycles. The number of nitrogens with zero attached hydrogens (tertiary/aromatic N) is 1. The predicted molar refractivity (Wildman–Crippen MR) is 47.7 cm³/mol. The Bertz CT molecular complexity index is 398. The molecule has 2 rings (SSSR count). The molecule has 0 aliphatic carbocycles. The Kier molecular flexibility index (Phi) is 2.19. The molecule has 2 aromatic heterocycles. The van der Waals surface area contributed by atoms with Gasteiger partial charge in [-0.25, -0.2) is 9.37 Å². The molecule has 0 saturated heterocycles. The minimum absolute atomic E-state index is 0. The van der Waals surface area contributed by atoms with Gasteiger partial charge in [0.2, 0.25) is 0 Å². The fraction of sp³-hybridized carbons (Fsp3) is 0. The fourth-order valence-electron chi connectivity index (χ4n) is 1.00. The Balaban J connectivity index is 0.000000720. The molecule has 0 radical (unpaired) electrons. The Labute approximate surface area is 74.2 Å². The van der Waals surface area contributed by atoms with E-state index in [0.29, 0.717) is 11.0 Å². The van der Waals surface area contributed by atoms with Crippen LogP contribution in [-0.2, 0) is 0 Å². The molecule has 0 amide bonds. The van der Waals surface area contributed by atoms with Crippen LogP contribution in [0.4, 0.5) is 10.1 Å². The number of aromatic nitrogens is 2. The van der Waals surface area contributed by atoms with E-state index in [2.05, 4.69) is 9.97 Å². The molecule has 5 heteroatoms. The molecule has 0 atom stereocenters. The van der Waals surface area contributed by atoms with Crippen molar-refractivity contribution in [2.75, 3.05) is 5.73 Å². The molecule has 3 N–H and O–H groups in total. The molecule has 12 heavy (non-hydrogen) atoms. The van der Waals surface area contributed by atoms with E-state index in [0.717, 1.165) is 6.20 Å². The third-order valence-corrected chi connectivity index (χ3v) is 1.58. The second-order valence-corrected chi connectivity index (χ2v) is 2.26. The summed E-state index contributed by atoms with van der Waals surface area (Å²) >= 11 is 0. The van der Waals surface area contributed by atoms with Gasteiger partial charge in [0.1, 0.15) is 5.65 Å². The average molecular weight is 188 g/mol. The third kappa shape index (κ3) is 1.10. The molecule has 0 bridgehead atoms. The highest BCUT2D eigenvalue weighted by Gasteiger charge is 2.04. The van der Waals surface area contributed by atoms with Crippen molar-refractivity contribution in [2.24, 2.45) is 0 Å². The van der Waals surface area contributed by atoms with Crippen molar-refractivity contribution in [1.29, 1.82) is 0 Å². The maximum Gasteiger partial charge on any atom is 0.165 e. The lowest BCUT2D eigenvalue weighted by Crippen LogP contribution is -1.92. The summed E-state index contributed by atoms with van der Waals surface area (Å²) in [5, 5.41) is 0.630. The number of H-pyrrole nitrogens is 1. The Morgan fingerprint density at radius 1 is 1.50 bits per heavy atom. The number of hydrogen-bond donors (Lipinski definition) is 2. The van der Waals surface area contributed by atoms with Crippen LogP contribution in [0.2, 0.25) is 0 Å². The van der Waals surface area contributed by atoms with E-state index in [9.17, 15) is 4.39 Å². The fourth-order valence-corrected chi connectivity index (χ4v) is 1.00. The third-order valence-electron chi connectivity index (χ3n) is 1.58. The zero-order valence-corrected chi connectivity index (χ0v) is 6.86.